The van der Waals surface area contributed by atoms with Gasteiger partial charge in [0, 0.05) is 11.1 Å². The molecule has 0 saturated heterocycles. The number of hydrogen-bond donors (Lipinski definition) is 0. The third-order valence-electron chi connectivity index (χ3n) is 5.84. The van der Waals surface area contributed by atoms with Crippen molar-refractivity contribution in [2.75, 3.05) is 7.11 Å². The van der Waals surface area contributed by atoms with E-state index in [0.717, 1.165) is 25.3 Å². The normalized spacial score (nSPS) is 23.5. The fourth-order valence-corrected chi connectivity index (χ4v) is 6.58. The molecule has 37 heavy (non-hydrogen) atoms. The molecule has 2 atom stereocenters. The van der Waals surface area contributed by atoms with E-state index in [1.54, 1.807) is 6.07 Å². The van der Waals surface area contributed by atoms with Crippen molar-refractivity contribution in [2.45, 2.75) is 27.9 Å². The summed E-state index contributed by atoms with van der Waals surface area (Å²) in [5.74, 6) is -1.77. The Hall–Kier alpha value is -3.08. The van der Waals surface area contributed by atoms with E-state index in [1.165, 1.54) is 49.4 Å². The highest BCUT2D eigenvalue weighted by Crippen LogP contribution is 2.53. The lowest BCUT2D eigenvalue weighted by atomic mass is 9.89. The molecule has 1 aliphatic carbocycles. The lowest BCUT2D eigenvalue weighted by Gasteiger charge is -2.35. The maximum Gasteiger partial charge on any atom is 0.416 e. The SMILES string of the molecule is COC(=O)c1cccc(C(=O)C2(Cl)C=C3C(=CC(C(F)(F)F)=CC3(C)Cl)N2S(=O)(=O)c2ccccc2)c1. The maximum atomic E-state index is 13.8. The number of fused-ring (bicyclic) bond motifs is 1. The van der Waals surface area contributed by atoms with Crippen LogP contribution in [0.1, 0.15) is 27.6 Å². The van der Waals surface area contributed by atoms with Gasteiger partial charge in [0.25, 0.3) is 10.0 Å². The van der Waals surface area contributed by atoms with Crippen molar-refractivity contribution < 1.29 is 35.9 Å². The highest BCUT2D eigenvalue weighted by atomic mass is 35.5. The number of carbonyl (C=O) groups excluding carboxylic acids is 2. The summed E-state index contributed by atoms with van der Waals surface area (Å²) in [4.78, 5) is 21.1. The van der Waals surface area contributed by atoms with Gasteiger partial charge in [0.2, 0.25) is 10.8 Å². The van der Waals surface area contributed by atoms with Crippen LogP contribution in [0, 0.1) is 0 Å². The van der Waals surface area contributed by atoms with E-state index in [1.807, 2.05) is 0 Å². The number of alkyl halides is 5. The van der Waals surface area contributed by atoms with Gasteiger partial charge in [0.15, 0.2) is 0 Å². The smallest absolute Gasteiger partial charge is 0.416 e. The van der Waals surface area contributed by atoms with Gasteiger partial charge in [-0.25, -0.2) is 17.5 Å². The molecule has 12 heteroatoms. The van der Waals surface area contributed by atoms with Crippen molar-refractivity contribution in [1.82, 2.24) is 4.31 Å². The van der Waals surface area contributed by atoms with Crippen LogP contribution >= 0.6 is 23.2 Å². The van der Waals surface area contributed by atoms with Crippen LogP contribution in [0.5, 0.6) is 0 Å². The highest BCUT2D eigenvalue weighted by molar-refractivity contribution is 7.89. The monoisotopic (exact) mass is 571 g/mol. The molecule has 0 fully saturated rings. The lowest BCUT2D eigenvalue weighted by molar-refractivity contribution is -0.0888. The number of hydrogen-bond acceptors (Lipinski definition) is 5. The number of rotatable bonds is 5. The Kier molecular flexibility index (Phi) is 6.59. The highest BCUT2D eigenvalue weighted by Gasteiger charge is 2.57. The summed E-state index contributed by atoms with van der Waals surface area (Å²) in [6, 6.07) is 12.0. The maximum absolute atomic E-state index is 13.8. The van der Waals surface area contributed by atoms with Crippen LogP contribution in [0.4, 0.5) is 13.2 Å². The number of esters is 1. The molecular formula is C25H18Cl2F3NO5S. The molecule has 194 valence electrons. The Balaban J connectivity index is 1.97. The number of Topliss-reactive ketones (excluding diaryl/α,β-unsaturated/α-hetero) is 1. The van der Waals surface area contributed by atoms with E-state index in [0.29, 0.717) is 10.4 Å². The zero-order valence-electron chi connectivity index (χ0n) is 19.2. The number of ketones is 1. The number of ether oxygens (including phenoxy) is 1. The fraction of sp³-hybridized carbons (Fsp3) is 0.200. The average molecular weight is 572 g/mol. The number of allylic oxidation sites excluding steroid dienone is 4. The molecule has 2 aromatic rings. The summed E-state index contributed by atoms with van der Waals surface area (Å²) in [5, 5.41) is 0. The molecule has 0 amide bonds. The van der Waals surface area contributed by atoms with Crippen LogP contribution < -0.4 is 0 Å². The number of halogens is 5. The second kappa shape index (κ2) is 9.04. The molecular weight excluding hydrogens is 554 g/mol. The van der Waals surface area contributed by atoms with E-state index >= 15 is 0 Å². The molecule has 2 unspecified atom stereocenters. The standard InChI is InChI=1S/C25H18Cl2F3NO5S/c1-23(26)13-17(25(28,29)30)12-20-19(23)14-24(27,31(20)37(34,35)18-9-4-3-5-10-18)21(32)15-7-6-8-16(11-15)22(33)36-2/h3-14H,1-2H3. The summed E-state index contributed by atoms with van der Waals surface area (Å²) >= 11 is 13.2. The van der Waals surface area contributed by atoms with Crippen molar-refractivity contribution in [3.8, 4) is 0 Å². The van der Waals surface area contributed by atoms with Gasteiger partial charge in [-0.2, -0.15) is 13.2 Å². The molecule has 2 aromatic carbocycles. The second-order valence-electron chi connectivity index (χ2n) is 8.42. The average Bonchev–Trinajstić information content (AvgIpc) is 3.17. The van der Waals surface area contributed by atoms with Crippen molar-refractivity contribution >= 4 is 45.0 Å². The van der Waals surface area contributed by atoms with E-state index < -0.39 is 49.1 Å². The molecule has 2 aliphatic rings. The van der Waals surface area contributed by atoms with Crippen LogP contribution in [0.15, 0.2) is 94.6 Å². The van der Waals surface area contributed by atoms with Crippen LogP contribution in [0.25, 0.3) is 0 Å². The van der Waals surface area contributed by atoms with Gasteiger partial charge < -0.3 is 4.74 Å². The second-order valence-corrected chi connectivity index (χ2v) is 11.6. The first-order chi connectivity index (χ1) is 17.1. The largest absolute Gasteiger partial charge is 0.465 e. The molecule has 0 aromatic heterocycles. The van der Waals surface area contributed by atoms with Gasteiger partial charge in [-0.3, -0.25) is 4.79 Å². The van der Waals surface area contributed by atoms with Crippen molar-refractivity contribution in [1.29, 1.82) is 0 Å². The van der Waals surface area contributed by atoms with Gasteiger partial charge in [0.05, 0.1) is 33.7 Å². The Morgan fingerprint density at radius 3 is 2.19 bits per heavy atom. The number of benzene rings is 2. The molecule has 0 saturated carbocycles. The topological polar surface area (TPSA) is 80.8 Å². The Labute approximate surface area is 220 Å². The number of carbonyl (C=O) groups is 2. The Morgan fingerprint density at radius 2 is 1.59 bits per heavy atom. The third kappa shape index (κ3) is 4.58. The number of methoxy groups -OCH3 is 1. The summed E-state index contributed by atoms with van der Waals surface area (Å²) in [6.07, 6.45) is -2.52. The Morgan fingerprint density at radius 1 is 0.973 bits per heavy atom. The lowest BCUT2D eigenvalue weighted by Crippen LogP contribution is -2.48. The summed E-state index contributed by atoms with van der Waals surface area (Å²) < 4.78 is 74.0. The molecule has 0 radical (unpaired) electrons. The summed E-state index contributed by atoms with van der Waals surface area (Å²) in [5.41, 5.74) is -2.00. The van der Waals surface area contributed by atoms with Crippen LogP contribution in [-0.2, 0) is 14.8 Å². The van der Waals surface area contributed by atoms with Crippen molar-refractivity contribution in [3.05, 3.63) is 101 Å². The van der Waals surface area contributed by atoms with Crippen molar-refractivity contribution in [3.63, 3.8) is 0 Å². The van der Waals surface area contributed by atoms with E-state index in [2.05, 4.69) is 4.74 Å². The van der Waals surface area contributed by atoms with Crippen LogP contribution in [0.2, 0.25) is 0 Å². The van der Waals surface area contributed by atoms with Gasteiger partial charge in [-0.15, -0.1) is 11.6 Å². The fourth-order valence-electron chi connectivity index (χ4n) is 4.13. The molecule has 1 heterocycles. The Bertz CT molecular complexity index is 1500. The van der Waals surface area contributed by atoms with Gasteiger partial charge in [0.1, 0.15) is 0 Å². The minimum absolute atomic E-state index is 0.0171. The van der Waals surface area contributed by atoms with Crippen molar-refractivity contribution in [2.24, 2.45) is 0 Å². The summed E-state index contributed by atoms with van der Waals surface area (Å²) in [6.45, 7) is 1.23. The first kappa shape index (κ1) is 27.0. The molecule has 0 spiro atoms. The van der Waals surface area contributed by atoms with Crippen LogP contribution in [-0.4, -0.2) is 47.6 Å². The number of nitrogens with zero attached hydrogens (tertiary/aromatic N) is 1. The molecule has 1 aliphatic heterocycles. The predicted molar refractivity (Wildman–Crippen MR) is 131 cm³/mol. The zero-order valence-corrected chi connectivity index (χ0v) is 21.5. The predicted octanol–water partition coefficient (Wildman–Crippen LogP) is 5.61. The van der Waals surface area contributed by atoms with E-state index in [-0.39, 0.29) is 21.6 Å². The minimum atomic E-state index is -4.87. The van der Waals surface area contributed by atoms with Gasteiger partial charge in [-0.1, -0.05) is 41.9 Å². The van der Waals surface area contributed by atoms with E-state index in [9.17, 15) is 31.2 Å². The zero-order chi connectivity index (χ0) is 27.4. The summed E-state index contributed by atoms with van der Waals surface area (Å²) in [7, 11) is -3.57. The molecule has 6 nitrogen and oxygen atoms in total. The molecule has 0 bridgehead atoms. The minimum Gasteiger partial charge on any atom is -0.465 e. The quantitative estimate of drug-likeness (QED) is 0.202. The molecule has 4 rings (SSSR count). The van der Waals surface area contributed by atoms with Gasteiger partial charge in [-0.05, 0) is 49.4 Å². The third-order valence-corrected chi connectivity index (χ3v) is 8.54. The molecule has 0 N–H and O–H groups in total. The van der Waals surface area contributed by atoms with Crippen LogP contribution in [0.3, 0.4) is 0 Å². The first-order valence-electron chi connectivity index (χ1n) is 10.6. The number of sulfonamides is 1. The first-order valence-corrected chi connectivity index (χ1v) is 12.8. The van der Waals surface area contributed by atoms with Gasteiger partial charge >= 0.3 is 12.1 Å². The van der Waals surface area contributed by atoms with E-state index in [4.69, 9.17) is 23.2 Å².